The maximum atomic E-state index is 8.98. The highest BCUT2D eigenvalue weighted by Gasteiger charge is 2.03. The molecule has 1 N–H and O–H groups in total. The van der Waals surface area contributed by atoms with Crippen molar-refractivity contribution in [3.63, 3.8) is 0 Å². The summed E-state index contributed by atoms with van der Waals surface area (Å²) in [5.41, 5.74) is 0. The van der Waals surface area contributed by atoms with Crippen LogP contribution < -0.4 is 0 Å². The summed E-state index contributed by atoms with van der Waals surface area (Å²) in [7, 11) is -0.434. The monoisotopic (exact) mass is 187 g/mol. The number of aromatic nitrogens is 1. The molecule has 1 rings (SSSR count). The lowest BCUT2D eigenvalue weighted by atomic mass is 9.89. The van der Waals surface area contributed by atoms with E-state index in [1.807, 2.05) is 18.5 Å². The molecule has 9 heavy (non-hydrogen) atoms. The van der Waals surface area contributed by atoms with Crippen LogP contribution >= 0.6 is 15.9 Å². The molecule has 0 aromatic carbocycles. The molecular weight excluding hydrogens is 181 g/mol. The van der Waals surface area contributed by atoms with E-state index in [1.165, 1.54) is 0 Å². The molecule has 0 unspecified atom stereocenters. The highest BCUT2D eigenvalue weighted by Crippen LogP contribution is 2.08. The quantitative estimate of drug-likeness (QED) is 0.658. The largest absolute Gasteiger partial charge is 0.432 e. The molecule has 0 radical (unpaired) electrons. The lowest BCUT2D eigenvalue weighted by Crippen LogP contribution is -2.16. The lowest BCUT2D eigenvalue weighted by molar-refractivity contribution is 0.563. The van der Waals surface area contributed by atoms with Crippen LogP contribution in [0.25, 0.3) is 0 Å². The van der Waals surface area contributed by atoms with Crippen molar-refractivity contribution in [2.45, 2.75) is 6.82 Å². The summed E-state index contributed by atoms with van der Waals surface area (Å²) in [5, 5.41) is 8.98. The molecule has 1 heterocycles. The molecule has 0 aliphatic carbocycles. The first-order valence-corrected chi connectivity index (χ1v) is 3.50. The first-order chi connectivity index (χ1) is 4.20. The Bertz CT molecular complexity index is 199. The van der Waals surface area contributed by atoms with Gasteiger partial charge in [-0.3, -0.25) is 0 Å². The normalized spacial score (nSPS) is 9.67. The minimum atomic E-state index is -0.434. The van der Waals surface area contributed by atoms with E-state index in [0.29, 0.717) is 0 Å². The maximum absolute atomic E-state index is 8.98. The third-order valence-electron chi connectivity index (χ3n) is 1.11. The summed E-state index contributed by atoms with van der Waals surface area (Å²) < 4.78 is 2.70. The molecule has 0 bridgehead atoms. The van der Waals surface area contributed by atoms with Crippen LogP contribution in [0.5, 0.6) is 0 Å². The van der Waals surface area contributed by atoms with Crippen molar-refractivity contribution in [2.24, 2.45) is 0 Å². The Labute approximate surface area is 62.8 Å². The van der Waals surface area contributed by atoms with Crippen molar-refractivity contribution in [3.8, 4) is 0 Å². The number of nitrogens with zero attached hydrogens (tertiary/aromatic N) is 1. The smallest absolute Gasteiger partial charge is 0.413 e. The predicted octanol–water partition coefficient (Wildman–Crippen LogP) is 1.21. The molecule has 1 aromatic heterocycles. The Hall–Kier alpha value is -0.215. The van der Waals surface area contributed by atoms with E-state index in [2.05, 4.69) is 15.9 Å². The van der Waals surface area contributed by atoms with Gasteiger partial charge in [0.25, 0.3) is 0 Å². The van der Waals surface area contributed by atoms with Crippen LogP contribution in [0.15, 0.2) is 22.9 Å². The lowest BCUT2D eigenvalue weighted by Gasteiger charge is -1.97. The second-order valence-corrected chi connectivity index (χ2v) is 2.82. The van der Waals surface area contributed by atoms with Gasteiger partial charge in [-0.1, -0.05) is 0 Å². The summed E-state index contributed by atoms with van der Waals surface area (Å²) in [6.07, 6.45) is 3.64. The topological polar surface area (TPSA) is 25.2 Å². The highest BCUT2D eigenvalue weighted by molar-refractivity contribution is 9.10. The molecule has 0 atom stereocenters. The van der Waals surface area contributed by atoms with Gasteiger partial charge in [0.05, 0.1) is 0 Å². The van der Waals surface area contributed by atoms with Crippen LogP contribution in [0.3, 0.4) is 0 Å². The first-order valence-electron chi connectivity index (χ1n) is 2.71. The van der Waals surface area contributed by atoms with E-state index >= 15 is 0 Å². The van der Waals surface area contributed by atoms with Crippen molar-refractivity contribution in [2.75, 3.05) is 0 Å². The van der Waals surface area contributed by atoms with Crippen LogP contribution in [0.4, 0.5) is 0 Å². The Kier molecular flexibility index (Phi) is 1.98. The van der Waals surface area contributed by atoms with E-state index in [4.69, 9.17) is 5.02 Å². The maximum Gasteiger partial charge on any atom is 0.413 e. The fourth-order valence-electron chi connectivity index (χ4n) is 0.618. The fraction of sp³-hybridized carbons (Fsp3) is 0.200. The average Bonchev–Trinajstić information content (AvgIpc) is 2.14. The van der Waals surface area contributed by atoms with Gasteiger partial charge in [0.1, 0.15) is 0 Å². The van der Waals surface area contributed by atoms with Crippen molar-refractivity contribution in [3.05, 3.63) is 22.9 Å². The second-order valence-electron chi connectivity index (χ2n) is 1.91. The molecule has 0 aliphatic heterocycles. The third-order valence-corrected chi connectivity index (χ3v) is 1.58. The van der Waals surface area contributed by atoms with Crippen molar-refractivity contribution in [1.29, 1.82) is 0 Å². The highest BCUT2D eigenvalue weighted by atomic mass is 79.9. The number of halogens is 1. The SMILES string of the molecule is CB(O)n1ccc(Br)c1. The molecule has 0 saturated carbocycles. The summed E-state index contributed by atoms with van der Waals surface area (Å²) in [6, 6.07) is 1.88. The van der Waals surface area contributed by atoms with Gasteiger partial charge < -0.3 is 9.50 Å². The second kappa shape index (κ2) is 2.58. The molecule has 1 aromatic rings. The average molecular weight is 188 g/mol. The number of rotatable bonds is 1. The first kappa shape index (κ1) is 6.90. The molecule has 0 aliphatic rings. The van der Waals surface area contributed by atoms with E-state index in [1.54, 1.807) is 11.3 Å². The molecule has 0 saturated heterocycles. The van der Waals surface area contributed by atoms with Crippen molar-refractivity contribution in [1.82, 2.24) is 4.48 Å². The summed E-state index contributed by atoms with van der Waals surface area (Å²) in [4.78, 5) is 0. The van der Waals surface area contributed by atoms with Gasteiger partial charge in [-0.25, -0.2) is 0 Å². The number of hydrogen-bond donors (Lipinski definition) is 1. The Morgan fingerprint density at radius 3 is 2.67 bits per heavy atom. The molecular formula is C5H7BBrNO. The van der Waals surface area contributed by atoms with E-state index in [-0.39, 0.29) is 0 Å². The minimum absolute atomic E-state index is 0.434. The van der Waals surface area contributed by atoms with Gasteiger partial charge in [-0.15, -0.1) is 0 Å². The van der Waals surface area contributed by atoms with Crippen LogP contribution in [0.2, 0.25) is 6.82 Å². The van der Waals surface area contributed by atoms with Gasteiger partial charge in [-0.2, -0.15) is 0 Å². The minimum Gasteiger partial charge on any atom is -0.432 e. The summed E-state index contributed by atoms with van der Waals surface area (Å²) >= 11 is 3.27. The molecule has 0 fully saturated rings. The van der Waals surface area contributed by atoms with Crippen LogP contribution in [-0.4, -0.2) is 16.6 Å². The van der Waals surface area contributed by atoms with Gasteiger partial charge in [0.2, 0.25) is 0 Å². The zero-order chi connectivity index (χ0) is 6.85. The van der Waals surface area contributed by atoms with E-state index in [9.17, 15) is 0 Å². The molecule has 0 spiro atoms. The van der Waals surface area contributed by atoms with Crippen LogP contribution in [-0.2, 0) is 0 Å². The Balaban J connectivity index is 2.85. The van der Waals surface area contributed by atoms with E-state index < -0.39 is 7.05 Å². The molecule has 48 valence electrons. The Morgan fingerprint density at radius 1 is 1.78 bits per heavy atom. The van der Waals surface area contributed by atoms with Crippen molar-refractivity contribution < 1.29 is 5.02 Å². The zero-order valence-electron chi connectivity index (χ0n) is 5.08. The van der Waals surface area contributed by atoms with Crippen LogP contribution in [0.1, 0.15) is 0 Å². The molecule has 0 amide bonds. The van der Waals surface area contributed by atoms with Gasteiger partial charge in [0, 0.05) is 10.7 Å². The zero-order valence-corrected chi connectivity index (χ0v) is 6.67. The Morgan fingerprint density at radius 2 is 2.44 bits per heavy atom. The van der Waals surface area contributed by atoms with E-state index in [0.717, 1.165) is 4.47 Å². The van der Waals surface area contributed by atoms with Gasteiger partial charge in [-0.05, 0) is 35.0 Å². The van der Waals surface area contributed by atoms with Crippen LogP contribution in [0, 0.1) is 0 Å². The van der Waals surface area contributed by atoms with Gasteiger partial charge >= 0.3 is 7.05 Å². The third kappa shape index (κ3) is 1.59. The van der Waals surface area contributed by atoms with Gasteiger partial charge in [0.15, 0.2) is 0 Å². The predicted molar refractivity (Wildman–Crippen MR) is 41.4 cm³/mol. The standard InChI is InChI=1S/C5H7BBrNO/c1-6(9)8-3-2-5(7)4-8/h2-4,9H,1H3. The summed E-state index contributed by atoms with van der Waals surface area (Å²) in [5.74, 6) is 0. The number of hydrogen-bond acceptors (Lipinski definition) is 1. The van der Waals surface area contributed by atoms with Crippen molar-refractivity contribution >= 4 is 23.0 Å². The fourth-order valence-corrected chi connectivity index (χ4v) is 0.973. The summed E-state index contributed by atoms with van der Waals surface area (Å²) in [6.45, 7) is 1.71. The molecule has 4 heteroatoms. The molecule has 2 nitrogen and oxygen atoms in total.